The number of hydrogen-bond donors (Lipinski definition) is 0. The van der Waals surface area contributed by atoms with E-state index in [0.29, 0.717) is 5.56 Å². The first kappa shape index (κ1) is 15.4. The quantitative estimate of drug-likeness (QED) is 0.648. The summed E-state index contributed by atoms with van der Waals surface area (Å²) in [4.78, 5) is 19.3. The predicted molar refractivity (Wildman–Crippen MR) is 94.9 cm³/mol. The van der Waals surface area contributed by atoms with Crippen molar-refractivity contribution in [1.82, 2.24) is 14.5 Å². The molecule has 0 atom stereocenters. The van der Waals surface area contributed by atoms with Crippen molar-refractivity contribution in [1.29, 1.82) is 0 Å². The second-order valence-electron chi connectivity index (χ2n) is 5.04. The molecule has 0 amide bonds. The third kappa shape index (κ3) is 3.46. The summed E-state index contributed by atoms with van der Waals surface area (Å²) in [6.07, 6.45) is 8.18. The van der Waals surface area contributed by atoms with Gasteiger partial charge in [0, 0.05) is 30.7 Å². The highest BCUT2D eigenvalue weighted by molar-refractivity contribution is 9.10. The Kier molecular flexibility index (Phi) is 4.48. The van der Waals surface area contributed by atoms with E-state index in [1.54, 1.807) is 24.5 Å². The molecule has 0 aliphatic carbocycles. The van der Waals surface area contributed by atoms with Gasteiger partial charge in [0.25, 0.3) is 0 Å². The lowest BCUT2D eigenvalue weighted by Gasteiger charge is -2.01. The van der Waals surface area contributed by atoms with Gasteiger partial charge in [-0.05, 0) is 57.9 Å². The van der Waals surface area contributed by atoms with E-state index in [1.165, 1.54) is 0 Å². The van der Waals surface area contributed by atoms with Crippen LogP contribution in [0.3, 0.4) is 0 Å². The Balaban J connectivity index is 1.78. The Morgan fingerprint density at radius 1 is 0.913 bits per heavy atom. The first-order chi connectivity index (χ1) is 11.2. The van der Waals surface area contributed by atoms with Crippen LogP contribution in [-0.4, -0.2) is 20.8 Å². The molecule has 3 aromatic rings. The van der Waals surface area contributed by atoms with Crippen LogP contribution in [0.15, 0.2) is 53.4 Å². The van der Waals surface area contributed by atoms with Gasteiger partial charge in [0.15, 0.2) is 6.29 Å². The Labute approximate surface area is 142 Å². The van der Waals surface area contributed by atoms with Crippen molar-refractivity contribution < 1.29 is 4.79 Å². The summed E-state index contributed by atoms with van der Waals surface area (Å²) in [7, 11) is 2.00. The minimum Gasteiger partial charge on any atom is -0.339 e. The van der Waals surface area contributed by atoms with Crippen LogP contribution in [0.4, 0.5) is 0 Å². The summed E-state index contributed by atoms with van der Waals surface area (Å²) in [6.45, 7) is 0. The zero-order valence-electron chi connectivity index (χ0n) is 12.5. The molecule has 0 aliphatic heterocycles. The summed E-state index contributed by atoms with van der Waals surface area (Å²) in [6, 6.07) is 11.5. The maximum Gasteiger partial charge on any atom is 0.151 e. The number of rotatable bonds is 4. The number of halogens is 1. The van der Waals surface area contributed by atoms with E-state index in [1.807, 2.05) is 43.5 Å². The van der Waals surface area contributed by atoms with Crippen LogP contribution in [0.5, 0.6) is 0 Å². The molecule has 4 nitrogen and oxygen atoms in total. The van der Waals surface area contributed by atoms with Crippen LogP contribution in [0.2, 0.25) is 0 Å². The average Bonchev–Trinajstić information content (AvgIpc) is 2.92. The van der Waals surface area contributed by atoms with Gasteiger partial charge in [-0.25, -0.2) is 0 Å². The van der Waals surface area contributed by atoms with Crippen LogP contribution in [-0.2, 0) is 7.05 Å². The monoisotopic (exact) mass is 367 g/mol. The lowest BCUT2D eigenvalue weighted by Crippen LogP contribution is -1.90. The highest BCUT2D eigenvalue weighted by Crippen LogP contribution is 2.18. The number of carbonyl (C=O) groups is 1. The predicted octanol–water partition coefficient (Wildman–Crippen LogP) is 4.23. The van der Waals surface area contributed by atoms with Gasteiger partial charge >= 0.3 is 0 Å². The molecule has 0 fully saturated rings. The number of carbonyl (C=O) groups excluding carboxylic acids is 1. The molecule has 0 radical (unpaired) electrons. The number of aromatic nitrogens is 3. The molecule has 3 heterocycles. The molecule has 114 valence electrons. The topological polar surface area (TPSA) is 47.8 Å². The highest BCUT2D eigenvalue weighted by Gasteiger charge is 2.01. The van der Waals surface area contributed by atoms with Crippen molar-refractivity contribution in [3.63, 3.8) is 0 Å². The van der Waals surface area contributed by atoms with Crippen molar-refractivity contribution in [3.05, 3.63) is 70.2 Å². The summed E-state index contributed by atoms with van der Waals surface area (Å²) >= 11 is 3.48. The number of hydrogen-bond acceptors (Lipinski definition) is 3. The van der Waals surface area contributed by atoms with Gasteiger partial charge in [0.1, 0.15) is 0 Å². The summed E-state index contributed by atoms with van der Waals surface area (Å²) < 4.78 is 3.09. The average molecular weight is 368 g/mol. The molecule has 3 rings (SSSR count). The van der Waals surface area contributed by atoms with Gasteiger partial charge in [0.2, 0.25) is 0 Å². The van der Waals surface area contributed by atoms with Crippen molar-refractivity contribution in [2.45, 2.75) is 0 Å². The Hall–Kier alpha value is -2.53. The largest absolute Gasteiger partial charge is 0.339 e. The fourth-order valence-electron chi connectivity index (χ4n) is 2.13. The van der Waals surface area contributed by atoms with Crippen LogP contribution >= 0.6 is 15.9 Å². The number of aldehydes is 1. The third-order valence-electron chi connectivity index (χ3n) is 3.52. The lowest BCUT2D eigenvalue weighted by atomic mass is 10.2. The fraction of sp³-hybridized carbons (Fsp3) is 0.0556. The van der Waals surface area contributed by atoms with Crippen LogP contribution in [0, 0.1) is 0 Å². The summed E-state index contributed by atoms with van der Waals surface area (Å²) in [5, 5.41) is 0. The maximum absolute atomic E-state index is 10.6. The SMILES string of the molecule is Cn1c(Br)ccc1/C=C/c1ccc(-c2ccc(C=O)cn2)nc1. The van der Waals surface area contributed by atoms with Gasteiger partial charge in [-0.15, -0.1) is 0 Å². The molecule has 23 heavy (non-hydrogen) atoms. The van der Waals surface area contributed by atoms with Crippen molar-refractivity contribution in [3.8, 4) is 11.4 Å². The van der Waals surface area contributed by atoms with Gasteiger partial charge in [0.05, 0.1) is 16.0 Å². The number of nitrogens with zero attached hydrogens (tertiary/aromatic N) is 3. The number of pyridine rings is 2. The highest BCUT2D eigenvalue weighted by atomic mass is 79.9. The Bertz CT molecular complexity index is 849. The van der Waals surface area contributed by atoms with Gasteiger partial charge in [-0.2, -0.15) is 0 Å². The van der Waals surface area contributed by atoms with E-state index < -0.39 is 0 Å². The molecule has 0 unspecified atom stereocenters. The molecule has 3 aromatic heterocycles. The van der Waals surface area contributed by atoms with Gasteiger partial charge in [-0.3, -0.25) is 14.8 Å². The van der Waals surface area contributed by atoms with Crippen LogP contribution < -0.4 is 0 Å². The van der Waals surface area contributed by atoms with Gasteiger partial charge in [-0.1, -0.05) is 12.1 Å². The van der Waals surface area contributed by atoms with Crippen LogP contribution in [0.1, 0.15) is 21.6 Å². The minimum absolute atomic E-state index is 0.557. The van der Waals surface area contributed by atoms with Crippen LogP contribution in [0.25, 0.3) is 23.5 Å². The molecular formula is C18H14BrN3O. The van der Waals surface area contributed by atoms with E-state index in [0.717, 1.165) is 33.5 Å². The second-order valence-corrected chi connectivity index (χ2v) is 5.86. The second kappa shape index (κ2) is 6.71. The molecule has 0 N–H and O–H groups in total. The first-order valence-electron chi connectivity index (χ1n) is 7.04. The molecule has 0 aromatic carbocycles. The third-order valence-corrected chi connectivity index (χ3v) is 4.31. The van der Waals surface area contributed by atoms with E-state index >= 15 is 0 Å². The first-order valence-corrected chi connectivity index (χ1v) is 7.83. The molecule has 0 spiro atoms. The maximum atomic E-state index is 10.6. The van der Waals surface area contributed by atoms with Crippen molar-refractivity contribution >= 4 is 34.4 Å². The molecular weight excluding hydrogens is 354 g/mol. The van der Waals surface area contributed by atoms with Gasteiger partial charge < -0.3 is 4.57 Å². The van der Waals surface area contributed by atoms with E-state index in [-0.39, 0.29) is 0 Å². The Morgan fingerprint density at radius 2 is 1.57 bits per heavy atom. The van der Waals surface area contributed by atoms with E-state index in [4.69, 9.17) is 0 Å². The fourth-order valence-corrected chi connectivity index (χ4v) is 2.47. The minimum atomic E-state index is 0.557. The molecule has 0 saturated carbocycles. The van der Waals surface area contributed by atoms with E-state index in [2.05, 4.69) is 30.5 Å². The molecule has 0 bridgehead atoms. The molecule has 0 saturated heterocycles. The van der Waals surface area contributed by atoms with Crippen molar-refractivity contribution in [2.75, 3.05) is 0 Å². The van der Waals surface area contributed by atoms with E-state index in [9.17, 15) is 4.79 Å². The summed E-state index contributed by atoms with van der Waals surface area (Å²) in [5.41, 5.74) is 4.20. The smallest absolute Gasteiger partial charge is 0.151 e. The van der Waals surface area contributed by atoms with Crippen molar-refractivity contribution in [2.24, 2.45) is 7.05 Å². The summed E-state index contributed by atoms with van der Waals surface area (Å²) in [5.74, 6) is 0. The lowest BCUT2D eigenvalue weighted by molar-refractivity contribution is 0.112. The zero-order chi connectivity index (χ0) is 16.2. The molecule has 0 aliphatic rings. The zero-order valence-corrected chi connectivity index (χ0v) is 14.1. The normalized spacial score (nSPS) is 11.0. The standard InChI is InChI=1S/C18H14BrN3O/c1-22-15(6-9-18(22)19)5-2-13-3-7-16(20-10-13)17-8-4-14(12-23)11-21-17/h2-12H,1H3/b5-2+. The molecule has 5 heteroatoms. The Morgan fingerprint density at radius 3 is 2.04 bits per heavy atom.